The summed E-state index contributed by atoms with van der Waals surface area (Å²) in [5, 5.41) is 0. The van der Waals surface area contributed by atoms with Crippen LogP contribution in [0.1, 0.15) is 16.9 Å². The molecule has 0 saturated carbocycles. The van der Waals surface area contributed by atoms with Crippen LogP contribution in [0.4, 0.5) is 0 Å². The SMILES string of the molecule is COC(=O)Cc1sc(Cl)nc1C1OCCO1. The van der Waals surface area contributed by atoms with Gasteiger partial charge in [0, 0.05) is 4.88 Å². The predicted molar refractivity (Wildman–Crippen MR) is 57.5 cm³/mol. The summed E-state index contributed by atoms with van der Waals surface area (Å²) in [5.74, 6) is -0.334. The van der Waals surface area contributed by atoms with Gasteiger partial charge in [0.1, 0.15) is 5.69 Å². The standard InChI is InChI=1S/C9H10ClNO4S/c1-13-6(12)4-5-7(11-9(10)16-5)8-14-2-3-15-8/h8H,2-4H2,1H3. The fourth-order valence-corrected chi connectivity index (χ4v) is 2.52. The monoisotopic (exact) mass is 263 g/mol. The van der Waals surface area contributed by atoms with E-state index in [1.807, 2.05) is 0 Å². The normalized spacial score (nSPS) is 16.6. The Morgan fingerprint density at radius 2 is 2.31 bits per heavy atom. The molecule has 88 valence electrons. The van der Waals surface area contributed by atoms with Gasteiger partial charge in [-0.05, 0) is 0 Å². The van der Waals surface area contributed by atoms with E-state index in [0.717, 1.165) is 4.88 Å². The molecule has 0 unspecified atom stereocenters. The molecule has 0 spiro atoms. The Morgan fingerprint density at radius 1 is 1.62 bits per heavy atom. The molecule has 1 saturated heterocycles. The first kappa shape index (κ1) is 11.8. The molecule has 1 aromatic rings. The highest BCUT2D eigenvalue weighted by Crippen LogP contribution is 2.32. The summed E-state index contributed by atoms with van der Waals surface area (Å²) in [6.45, 7) is 1.05. The third-order valence-electron chi connectivity index (χ3n) is 2.08. The third kappa shape index (κ3) is 2.52. The second-order valence-electron chi connectivity index (χ2n) is 3.10. The maximum atomic E-state index is 11.2. The molecule has 0 bridgehead atoms. The van der Waals surface area contributed by atoms with E-state index in [9.17, 15) is 4.79 Å². The lowest BCUT2D eigenvalue weighted by atomic mass is 10.3. The molecule has 0 amide bonds. The van der Waals surface area contributed by atoms with E-state index in [4.69, 9.17) is 21.1 Å². The van der Waals surface area contributed by atoms with Gasteiger partial charge in [-0.15, -0.1) is 11.3 Å². The van der Waals surface area contributed by atoms with Crippen molar-refractivity contribution >= 4 is 28.9 Å². The molecule has 0 aliphatic carbocycles. The van der Waals surface area contributed by atoms with Gasteiger partial charge in [0.2, 0.25) is 6.29 Å². The van der Waals surface area contributed by atoms with Gasteiger partial charge in [0.05, 0.1) is 26.7 Å². The zero-order valence-corrected chi connectivity index (χ0v) is 10.1. The number of ether oxygens (including phenoxy) is 3. The zero-order chi connectivity index (χ0) is 11.5. The van der Waals surface area contributed by atoms with Crippen molar-refractivity contribution in [1.82, 2.24) is 4.98 Å². The number of nitrogens with zero attached hydrogens (tertiary/aromatic N) is 1. The van der Waals surface area contributed by atoms with Crippen LogP contribution >= 0.6 is 22.9 Å². The maximum absolute atomic E-state index is 11.2. The van der Waals surface area contributed by atoms with Gasteiger partial charge in [-0.3, -0.25) is 4.79 Å². The minimum Gasteiger partial charge on any atom is -0.469 e. The third-order valence-corrected chi connectivity index (χ3v) is 3.25. The van der Waals surface area contributed by atoms with Gasteiger partial charge in [-0.25, -0.2) is 4.98 Å². The fourth-order valence-electron chi connectivity index (χ4n) is 1.36. The molecule has 16 heavy (non-hydrogen) atoms. The topological polar surface area (TPSA) is 57.7 Å². The van der Waals surface area contributed by atoms with Crippen molar-refractivity contribution in [3.63, 3.8) is 0 Å². The van der Waals surface area contributed by atoms with Crippen molar-refractivity contribution in [3.05, 3.63) is 15.0 Å². The van der Waals surface area contributed by atoms with Crippen LogP contribution in [0.15, 0.2) is 0 Å². The van der Waals surface area contributed by atoms with E-state index in [-0.39, 0.29) is 12.4 Å². The Labute approximate surface area is 101 Å². The first-order chi connectivity index (χ1) is 7.70. The summed E-state index contributed by atoms with van der Waals surface area (Å²) in [5.41, 5.74) is 0.581. The van der Waals surface area contributed by atoms with Crippen molar-refractivity contribution in [2.24, 2.45) is 0 Å². The highest BCUT2D eigenvalue weighted by molar-refractivity contribution is 7.15. The molecule has 1 fully saturated rings. The molecule has 0 N–H and O–H groups in total. The average molecular weight is 264 g/mol. The lowest BCUT2D eigenvalue weighted by Crippen LogP contribution is -2.08. The molecular weight excluding hydrogens is 254 g/mol. The zero-order valence-electron chi connectivity index (χ0n) is 8.57. The van der Waals surface area contributed by atoms with Crippen LogP contribution in [0.5, 0.6) is 0 Å². The minimum absolute atomic E-state index is 0.138. The van der Waals surface area contributed by atoms with E-state index >= 15 is 0 Å². The number of carbonyl (C=O) groups excluding carboxylic acids is 1. The molecule has 5 nitrogen and oxygen atoms in total. The first-order valence-corrected chi connectivity index (χ1v) is 5.85. The van der Waals surface area contributed by atoms with Crippen LogP contribution in [-0.4, -0.2) is 31.3 Å². The Morgan fingerprint density at radius 3 is 2.94 bits per heavy atom. The highest BCUT2D eigenvalue weighted by atomic mass is 35.5. The first-order valence-electron chi connectivity index (χ1n) is 4.66. The number of thiazole rings is 1. The number of esters is 1. The number of carbonyl (C=O) groups is 1. The van der Waals surface area contributed by atoms with Gasteiger partial charge >= 0.3 is 5.97 Å². The molecule has 2 rings (SSSR count). The van der Waals surface area contributed by atoms with E-state index in [2.05, 4.69) is 9.72 Å². The van der Waals surface area contributed by atoms with Crippen molar-refractivity contribution in [2.45, 2.75) is 12.7 Å². The molecule has 1 aromatic heterocycles. The maximum Gasteiger partial charge on any atom is 0.310 e. The van der Waals surface area contributed by atoms with Crippen LogP contribution in [-0.2, 0) is 25.4 Å². The Kier molecular flexibility index (Phi) is 3.75. The summed E-state index contributed by atoms with van der Waals surface area (Å²) < 4.78 is 15.6. The van der Waals surface area contributed by atoms with E-state index in [1.54, 1.807) is 0 Å². The summed E-state index contributed by atoms with van der Waals surface area (Å²) in [6.07, 6.45) is -0.372. The molecule has 7 heteroatoms. The van der Waals surface area contributed by atoms with Crippen LogP contribution in [0.25, 0.3) is 0 Å². The Hall–Kier alpha value is -0.690. The molecule has 1 aliphatic rings. The number of methoxy groups -OCH3 is 1. The molecule has 0 aromatic carbocycles. The number of hydrogen-bond acceptors (Lipinski definition) is 6. The molecule has 1 aliphatic heterocycles. The number of aromatic nitrogens is 1. The van der Waals surface area contributed by atoms with Crippen molar-refractivity contribution in [3.8, 4) is 0 Å². The molecular formula is C9H10ClNO4S. The van der Waals surface area contributed by atoms with Crippen LogP contribution in [0.3, 0.4) is 0 Å². The summed E-state index contributed by atoms with van der Waals surface area (Å²) in [6, 6.07) is 0. The Bertz CT molecular complexity index is 389. The summed E-state index contributed by atoms with van der Waals surface area (Å²) in [4.78, 5) is 16.0. The number of halogens is 1. The van der Waals surface area contributed by atoms with Gasteiger partial charge < -0.3 is 14.2 Å². The highest BCUT2D eigenvalue weighted by Gasteiger charge is 2.26. The quantitative estimate of drug-likeness (QED) is 0.775. The molecule has 0 atom stereocenters. The van der Waals surface area contributed by atoms with E-state index < -0.39 is 6.29 Å². The second kappa shape index (κ2) is 5.09. The largest absolute Gasteiger partial charge is 0.469 e. The van der Waals surface area contributed by atoms with Gasteiger partial charge in [0.25, 0.3) is 0 Å². The lowest BCUT2D eigenvalue weighted by molar-refractivity contribution is -0.139. The van der Waals surface area contributed by atoms with Gasteiger partial charge in [0.15, 0.2) is 4.47 Å². The Balaban J connectivity index is 2.19. The summed E-state index contributed by atoms with van der Waals surface area (Å²) in [7, 11) is 1.34. The number of hydrogen-bond donors (Lipinski definition) is 0. The van der Waals surface area contributed by atoms with Gasteiger partial charge in [-0.2, -0.15) is 0 Å². The lowest BCUT2D eigenvalue weighted by Gasteiger charge is -2.07. The van der Waals surface area contributed by atoms with E-state index in [1.165, 1.54) is 18.4 Å². The number of rotatable bonds is 3. The van der Waals surface area contributed by atoms with Crippen LogP contribution in [0, 0.1) is 0 Å². The van der Waals surface area contributed by atoms with Crippen LogP contribution in [0.2, 0.25) is 4.47 Å². The van der Waals surface area contributed by atoms with Crippen molar-refractivity contribution < 1.29 is 19.0 Å². The minimum atomic E-state index is -0.511. The molecule has 0 radical (unpaired) electrons. The van der Waals surface area contributed by atoms with Crippen molar-refractivity contribution in [2.75, 3.05) is 20.3 Å². The second-order valence-corrected chi connectivity index (χ2v) is 4.77. The van der Waals surface area contributed by atoms with Gasteiger partial charge in [-0.1, -0.05) is 11.6 Å². The molecule has 2 heterocycles. The van der Waals surface area contributed by atoms with Crippen molar-refractivity contribution in [1.29, 1.82) is 0 Å². The fraction of sp³-hybridized carbons (Fsp3) is 0.556. The average Bonchev–Trinajstić information content (AvgIpc) is 2.87. The van der Waals surface area contributed by atoms with Crippen LogP contribution < -0.4 is 0 Å². The summed E-state index contributed by atoms with van der Waals surface area (Å²) >= 11 is 7.05. The predicted octanol–water partition coefficient (Wildman–Crippen LogP) is 1.56. The smallest absolute Gasteiger partial charge is 0.310 e. The van der Waals surface area contributed by atoms with E-state index in [0.29, 0.717) is 23.4 Å².